The maximum atomic E-state index is 12.1. The molecule has 98 valence electrons. The second-order valence-corrected chi connectivity index (χ2v) is 6.31. The Labute approximate surface area is 116 Å². The Hall–Kier alpha value is -0.870. The average molecular weight is 311 g/mol. The fraction of sp³-hybridized carbons (Fsp3) is 0.500. The summed E-state index contributed by atoms with van der Waals surface area (Å²) in [6.45, 7) is 4.69. The minimum absolute atomic E-state index is 0.107. The van der Waals surface area contributed by atoms with Gasteiger partial charge in [-0.05, 0) is 42.9 Å². The molecule has 1 aromatic carbocycles. The Bertz CT molecular complexity index is 442. The number of benzene rings is 1. The molecule has 1 fully saturated rings. The van der Waals surface area contributed by atoms with Gasteiger partial charge in [-0.1, -0.05) is 35.0 Å². The summed E-state index contributed by atoms with van der Waals surface area (Å²) in [6.07, 6.45) is 1.21. The molecule has 3 N–H and O–H groups in total. The maximum absolute atomic E-state index is 12.1. The molecule has 0 spiro atoms. The number of nitrogens with one attached hydrogen (secondary N) is 1. The van der Waals surface area contributed by atoms with Gasteiger partial charge >= 0.3 is 0 Å². The van der Waals surface area contributed by atoms with Crippen molar-refractivity contribution in [2.24, 2.45) is 17.6 Å². The van der Waals surface area contributed by atoms with Crippen molar-refractivity contribution in [3.05, 3.63) is 34.3 Å². The lowest BCUT2D eigenvalue weighted by atomic mass is 9.92. The SMILES string of the molecule is CC1CC1CNC(=O)C(C)(N)c1ccc(Br)cc1. The topological polar surface area (TPSA) is 55.1 Å². The van der Waals surface area contributed by atoms with Crippen molar-refractivity contribution in [1.82, 2.24) is 5.32 Å². The Morgan fingerprint density at radius 3 is 2.56 bits per heavy atom. The standard InChI is InChI=1S/C14H19BrN2O/c1-9-7-10(9)8-17-13(18)14(2,16)11-3-5-12(15)6-4-11/h3-6,9-10H,7-8,16H2,1-2H3,(H,17,18). The van der Waals surface area contributed by atoms with Crippen molar-refractivity contribution in [2.45, 2.75) is 25.8 Å². The van der Waals surface area contributed by atoms with E-state index in [1.807, 2.05) is 24.3 Å². The van der Waals surface area contributed by atoms with E-state index >= 15 is 0 Å². The van der Waals surface area contributed by atoms with Crippen LogP contribution < -0.4 is 11.1 Å². The zero-order chi connectivity index (χ0) is 13.3. The van der Waals surface area contributed by atoms with Crippen LogP contribution in [0.25, 0.3) is 0 Å². The van der Waals surface area contributed by atoms with Crippen LogP contribution in [0, 0.1) is 11.8 Å². The van der Waals surface area contributed by atoms with Gasteiger partial charge in [0.25, 0.3) is 0 Å². The molecule has 0 radical (unpaired) electrons. The Morgan fingerprint density at radius 1 is 1.50 bits per heavy atom. The normalized spacial score (nSPS) is 25.3. The molecule has 0 bridgehead atoms. The molecule has 1 amide bonds. The van der Waals surface area contributed by atoms with Crippen LogP contribution in [0.15, 0.2) is 28.7 Å². The molecule has 0 saturated heterocycles. The summed E-state index contributed by atoms with van der Waals surface area (Å²) < 4.78 is 0.981. The van der Waals surface area contributed by atoms with E-state index < -0.39 is 5.54 Å². The van der Waals surface area contributed by atoms with Crippen LogP contribution in [0.3, 0.4) is 0 Å². The molecule has 1 aliphatic rings. The molecule has 3 unspecified atom stereocenters. The number of rotatable bonds is 4. The van der Waals surface area contributed by atoms with Crippen molar-refractivity contribution in [1.29, 1.82) is 0 Å². The number of hydrogen-bond donors (Lipinski definition) is 2. The minimum atomic E-state index is -0.973. The summed E-state index contributed by atoms with van der Waals surface area (Å²) in [7, 11) is 0. The number of hydrogen-bond acceptors (Lipinski definition) is 2. The van der Waals surface area contributed by atoms with Crippen molar-refractivity contribution in [3.8, 4) is 0 Å². The highest BCUT2D eigenvalue weighted by molar-refractivity contribution is 9.10. The molecule has 1 aromatic rings. The first-order valence-electron chi connectivity index (χ1n) is 6.24. The van der Waals surface area contributed by atoms with Crippen LogP contribution in [-0.2, 0) is 10.3 Å². The molecule has 1 aliphatic carbocycles. The Morgan fingerprint density at radius 2 is 2.06 bits per heavy atom. The molecule has 4 heteroatoms. The van der Waals surface area contributed by atoms with Gasteiger partial charge in [0, 0.05) is 11.0 Å². The second-order valence-electron chi connectivity index (χ2n) is 5.39. The Balaban J connectivity index is 2.00. The summed E-state index contributed by atoms with van der Waals surface area (Å²) in [4.78, 5) is 12.1. The van der Waals surface area contributed by atoms with Gasteiger partial charge < -0.3 is 11.1 Å². The van der Waals surface area contributed by atoms with E-state index in [9.17, 15) is 4.79 Å². The minimum Gasteiger partial charge on any atom is -0.354 e. The predicted octanol–water partition coefficient (Wildman–Crippen LogP) is 2.40. The molecule has 3 nitrogen and oxygen atoms in total. The van der Waals surface area contributed by atoms with E-state index in [1.54, 1.807) is 6.92 Å². The van der Waals surface area contributed by atoms with Gasteiger partial charge in [0.05, 0.1) is 0 Å². The number of halogens is 1. The summed E-state index contributed by atoms with van der Waals surface area (Å²) >= 11 is 3.37. The summed E-state index contributed by atoms with van der Waals surface area (Å²) in [6, 6.07) is 7.56. The molecule has 2 rings (SSSR count). The number of amides is 1. The van der Waals surface area contributed by atoms with Gasteiger partial charge in [0.2, 0.25) is 5.91 Å². The molecular formula is C14H19BrN2O. The van der Waals surface area contributed by atoms with Crippen molar-refractivity contribution >= 4 is 21.8 Å². The monoisotopic (exact) mass is 310 g/mol. The Kier molecular flexibility index (Phi) is 3.78. The van der Waals surface area contributed by atoms with Gasteiger partial charge in [-0.25, -0.2) is 0 Å². The first kappa shape index (κ1) is 13.6. The third-order valence-electron chi connectivity index (χ3n) is 3.72. The quantitative estimate of drug-likeness (QED) is 0.897. The third-order valence-corrected chi connectivity index (χ3v) is 4.25. The molecular weight excluding hydrogens is 292 g/mol. The average Bonchev–Trinajstić information content (AvgIpc) is 3.03. The molecule has 1 saturated carbocycles. The first-order valence-corrected chi connectivity index (χ1v) is 7.04. The first-order chi connectivity index (χ1) is 8.41. The van der Waals surface area contributed by atoms with Crippen molar-refractivity contribution in [2.75, 3.05) is 6.54 Å². The van der Waals surface area contributed by atoms with Gasteiger partial charge in [0.1, 0.15) is 5.54 Å². The highest BCUT2D eigenvalue weighted by atomic mass is 79.9. The van der Waals surface area contributed by atoms with Crippen LogP contribution in [0.2, 0.25) is 0 Å². The fourth-order valence-corrected chi connectivity index (χ4v) is 2.28. The van der Waals surface area contributed by atoms with Gasteiger partial charge in [0.15, 0.2) is 0 Å². The molecule has 0 aromatic heterocycles. The van der Waals surface area contributed by atoms with Crippen LogP contribution in [0.5, 0.6) is 0 Å². The zero-order valence-corrected chi connectivity index (χ0v) is 12.3. The van der Waals surface area contributed by atoms with E-state index in [-0.39, 0.29) is 5.91 Å². The van der Waals surface area contributed by atoms with E-state index in [0.717, 1.165) is 22.5 Å². The third kappa shape index (κ3) is 2.93. The lowest BCUT2D eigenvalue weighted by Gasteiger charge is -2.24. The van der Waals surface area contributed by atoms with Crippen LogP contribution in [-0.4, -0.2) is 12.5 Å². The number of carbonyl (C=O) groups is 1. The predicted molar refractivity (Wildman–Crippen MR) is 76.0 cm³/mol. The summed E-state index contributed by atoms with van der Waals surface area (Å²) in [5.41, 5.74) is 6.00. The van der Waals surface area contributed by atoms with Gasteiger partial charge in [-0.15, -0.1) is 0 Å². The molecule has 0 heterocycles. The lowest BCUT2D eigenvalue weighted by Crippen LogP contribution is -2.49. The van der Waals surface area contributed by atoms with E-state index in [2.05, 4.69) is 28.2 Å². The second kappa shape index (κ2) is 5.02. The van der Waals surface area contributed by atoms with Gasteiger partial charge in [-0.2, -0.15) is 0 Å². The van der Waals surface area contributed by atoms with Crippen LogP contribution >= 0.6 is 15.9 Å². The largest absolute Gasteiger partial charge is 0.354 e. The van der Waals surface area contributed by atoms with Gasteiger partial charge in [-0.3, -0.25) is 4.79 Å². The highest BCUT2D eigenvalue weighted by Crippen LogP contribution is 2.36. The lowest BCUT2D eigenvalue weighted by molar-refractivity contribution is -0.126. The summed E-state index contributed by atoms with van der Waals surface area (Å²) in [5, 5.41) is 2.95. The summed E-state index contributed by atoms with van der Waals surface area (Å²) in [5.74, 6) is 1.26. The zero-order valence-electron chi connectivity index (χ0n) is 10.7. The number of carbonyl (C=O) groups excluding carboxylic acids is 1. The molecule has 18 heavy (non-hydrogen) atoms. The van der Waals surface area contributed by atoms with Crippen LogP contribution in [0.4, 0.5) is 0 Å². The van der Waals surface area contributed by atoms with Crippen LogP contribution in [0.1, 0.15) is 25.8 Å². The highest BCUT2D eigenvalue weighted by Gasteiger charge is 2.35. The van der Waals surface area contributed by atoms with E-state index in [1.165, 1.54) is 6.42 Å². The van der Waals surface area contributed by atoms with E-state index in [4.69, 9.17) is 5.73 Å². The van der Waals surface area contributed by atoms with Crippen molar-refractivity contribution in [3.63, 3.8) is 0 Å². The number of nitrogens with two attached hydrogens (primary N) is 1. The molecule has 3 atom stereocenters. The fourth-order valence-electron chi connectivity index (χ4n) is 2.02. The smallest absolute Gasteiger partial charge is 0.244 e. The molecule has 0 aliphatic heterocycles. The maximum Gasteiger partial charge on any atom is 0.244 e. The van der Waals surface area contributed by atoms with E-state index in [0.29, 0.717) is 5.92 Å². The van der Waals surface area contributed by atoms with Crippen molar-refractivity contribution < 1.29 is 4.79 Å².